The Morgan fingerprint density at radius 1 is 0.800 bits per heavy atom. The molecule has 0 unspecified atom stereocenters. The third-order valence-corrected chi connectivity index (χ3v) is 3.94. The first-order valence-electron chi connectivity index (χ1n) is 5.32. The van der Waals surface area contributed by atoms with Crippen molar-refractivity contribution in [3.05, 3.63) is 0 Å². The van der Waals surface area contributed by atoms with Crippen LogP contribution < -0.4 is 59.1 Å². The van der Waals surface area contributed by atoms with Gasteiger partial charge in [-0.15, -0.1) is 0 Å². The van der Waals surface area contributed by atoms with Crippen molar-refractivity contribution in [3.63, 3.8) is 0 Å². The average molecular weight is 254 g/mol. The molecule has 0 rings (SSSR count). The van der Waals surface area contributed by atoms with Crippen molar-refractivity contribution < 1.29 is 70.4 Å². The van der Waals surface area contributed by atoms with Crippen LogP contribution in [0.1, 0.15) is 55.2 Å². The summed E-state index contributed by atoms with van der Waals surface area (Å²) >= 11 is 0. The Morgan fingerprint density at radius 3 is 1.40 bits per heavy atom. The first-order chi connectivity index (χ1) is 6.12. The number of unbranched alkanes of at least 4 members (excludes halogenated alkanes) is 4. The van der Waals surface area contributed by atoms with Gasteiger partial charge in [0, 0.05) is 0 Å². The van der Waals surface area contributed by atoms with Crippen LogP contribution in [-0.2, 0) is 9.84 Å². The summed E-state index contributed by atoms with van der Waals surface area (Å²) in [7, 11) is -2.73. The maximum absolute atomic E-state index is 11.4. The number of hydrogen-bond donors (Lipinski definition) is 0. The van der Waals surface area contributed by atoms with Crippen molar-refractivity contribution in [3.8, 4) is 0 Å². The van der Waals surface area contributed by atoms with Crippen molar-refractivity contribution >= 4 is 9.84 Å². The van der Waals surface area contributed by atoms with Crippen LogP contribution in [-0.4, -0.2) is 19.9 Å². The van der Waals surface area contributed by atoms with Gasteiger partial charge in [0.15, 0.2) is 0 Å². The smallest absolute Gasteiger partial charge is 1.00 e. The van der Waals surface area contributed by atoms with E-state index in [1.54, 1.807) is 0 Å². The topological polar surface area (TPSA) is 34.1 Å². The molecule has 0 aliphatic heterocycles. The van der Waals surface area contributed by atoms with Crippen LogP contribution in [0.25, 0.3) is 0 Å². The minimum absolute atomic E-state index is 0. The fourth-order valence-electron chi connectivity index (χ4n) is 1.25. The van der Waals surface area contributed by atoms with Gasteiger partial charge in [-0.25, -0.2) is 8.42 Å². The standard InChI is InChI=1S/C10H22O2S.2Na.2H/c1-3-5-7-9-13(11,12)10-8-6-4-2;;;;/h3-10H2,1-2H3;;;;/q;2*+1;2*-1. The van der Waals surface area contributed by atoms with Crippen LogP contribution in [0.5, 0.6) is 0 Å². The monoisotopic (exact) mass is 254 g/mol. The van der Waals surface area contributed by atoms with E-state index >= 15 is 0 Å². The molecule has 2 nitrogen and oxygen atoms in total. The Balaban J connectivity index is -0.000000120. The van der Waals surface area contributed by atoms with Gasteiger partial charge < -0.3 is 2.85 Å². The maximum atomic E-state index is 11.4. The Labute approximate surface area is 142 Å². The molecule has 0 N–H and O–H groups in total. The quantitative estimate of drug-likeness (QED) is 0.342. The van der Waals surface area contributed by atoms with Crippen molar-refractivity contribution in [1.29, 1.82) is 0 Å². The van der Waals surface area contributed by atoms with Gasteiger partial charge in [0.1, 0.15) is 9.84 Å². The number of rotatable bonds is 8. The van der Waals surface area contributed by atoms with Crippen molar-refractivity contribution in [1.82, 2.24) is 0 Å². The molecule has 0 aromatic carbocycles. The zero-order valence-corrected chi connectivity index (χ0v) is 15.7. The van der Waals surface area contributed by atoms with Gasteiger partial charge in [0.05, 0.1) is 11.5 Å². The second-order valence-corrected chi connectivity index (χ2v) is 5.87. The molecule has 0 aliphatic carbocycles. The van der Waals surface area contributed by atoms with Crippen LogP contribution >= 0.6 is 0 Å². The van der Waals surface area contributed by atoms with Crippen LogP contribution in [0.4, 0.5) is 0 Å². The number of sulfone groups is 1. The summed E-state index contributed by atoms with van der Waals surface area (Å²) in [6, 6.07) is 0. The van der Waals surface area contributed by atoms with E-state index in [0.29, 0.717) is 11.5 Å². The Bertz CT molecular complexity index is 196. The SMILES string of the molecule is CCCCCS(=O)(=O)CCCCC.[H-].[H-].[Na+].[Na+]. The van der Waals surface area contributed by atoms with Crippen molar-refractivity contribution in [2.75, 3.05) is 11.5 Å². The molecular formula is C10H24Na2O2S. The summed E-state index contributed by atoms with van der Waals surface area (Å²) in [5, 5.41) is 0. The van der Waals surface area contributed by atoms with Crippen LogP contribution in [0.3, 0.4) is 0 Å². The Morgan fingerprint density at radius 2 is 1.13 bits per heavy atom. The molecule has 0 amide bonds. The van der Waals surface area contributed by atoms with Gasteiger partial charge in [0.25, 0.3) is 0 Å². The second-order valence-electron chi connectivity index (χ2n) is 3.57. The summed E-state index contributed by atoms with van der Waals surface area (Å²) in [6.45, 7) is 4.17. The van der Waals surface area contributed by atoms with E-state index in [1.807, 2.05) is 0 Å². The molecule has 5 heteroatoms. The summed E-state index contributed by atoms with van der Waals surface area (Å²) < 4.78 is 22.8. The molecule has 0 heterocycles. The third-order valence-electron chi connectivity index (χ3n) is 2.12. The van der Waals surface area contributed by atoms with Crippen LogP contribution in [0, 0.1) is 0 Å². The largest absolute Gasteiger partial charge is 1.00 e. The maximum Gasteiger partial charge on any atom is 1.00 e. The van der Waals surface area contributed by atoms with Gasteiger partial charge in [-0.3, -0.25) is 0 Å². The molecule has 0 aromatic heterocycles. The normalized spacial score (nSPS) is 10.3. The van der Waals surface area contributed by atoms with Gasteiger partial charge in [-0.05, 0) is 12.8 Å². The van der Waals surface area contributed by atoms with E-state index in [9.17, 15) is 8.42 Å². The molecule has 0 radical (unpaired) electrons. The van der Waals surface area contributed by atoms with Gasteiger partial charge in [-0.1, -0.05) is 39.5 Å². The minimum Gasteiger partial charge on any atom is -1.00 e. The van der Waals surface area contributed by atoms with Crippen molar-refractivity contribution in [2.45, 2.75) is 52.4 Å². The van der Waals surface area contributed by atoms with Crippen molar-refractivity contribution in [2.24, 2.45) is 0 Å². The molecule has 0 atom stereocenters. The molecule has 0 aromatic rings. The molecule has 0 aliphatic rings. The summed E-state index contributed by atoms with van der Waals surface area (Å²) in [5.41, 5.74) is 0. The zero-order valence-electron chi connectivity index (χ0n) is 12.9. The van der Waals surface area contributed by atoms with E-state index in [2.05, 4.69) is 13.8 Å². The van der Waals surface area contributed by atoms with Gasteiger partial charge in [0.2, 0.25) is 0 Å². The Hall–Kier alpha value is 1.95. The van der Waals surface area contributed by atoms with Crippen LogP contribution in [0.2, 0.25) is 0 Å². The third kappa shape index (κ3) is 15.9. The minimum atomic E-state index is -2.73. The molecule has 0 spiro atoms. The summed E-state index contributed by atoms with van der Waals surface area (Å²) in [6.07, 6.45) is 5.92. The molecule has 15 heavy (non-hydrogen) atoms. The molecule has 0 saturated heterocycles. The zero-order chi connectivity index (χ0) is 10.2. The van der Waals surface area contributed by atoms with E-state index in [1.165, 1.54) is 0 Å². The van der Waals surface area contributed by atoms with Crippen LogP contribution in [0.15, 0.2) is 0 Å². The van der Waals surface area contributed by atoms with Gasteiger partial charge in [-0.2, -0.15) is 0 Å². The van der Waals surface area contributed by atoms with Gasteiger partial charge >= 0.3 is 59.1 Å². The molecular weight excluding hydrogens is 230 g/mol. The first kappa shape index (κ1) is 22.2. The van der Waals surface area contributed by atoms with E-state index in [0.717, 1.165) is 38.5 Å². The van der Waals surface area contributed by atoms with E-state index < -0.39 is 9.84 Å². The number of hydrogen-bond acceptors (Lipinski definition) is 2. The average Bonchev–Trinajstić information content (AvgIpc) is 2.05. The predicted molar refractivity (Wildman–Crippen MR) is 59.9 cm³/mol. The molecule has 0 fully saturated rings. The molecule has 84 valence electrons. The summed E-state index contributed by atoms with van der Waals surface area (Å²) in [5.74, 6) is 0.787. The molecule has 0 bridgehead atoms. The predicted octanol–water partition coefficient (Wildman–Crippen LogP) is -2.99. The molecule has 0 saturated carbocycles. The fraction of sp³-hybridized carbons (Fsp3) is 1.00. The van der Waals surface area contributed by atoms with E-state index in [4.69, 9.17) is 0 Å². The first-order valence-corrected chi connectivity index (χ1v) is 7.15. The summed E-state index contributed by atoms with van der Waals surface area (Å²) in [4.78, 5) is 0. The second kappa shape index (κ2) is 14.0. The fourth-order valence-corrected chi connectivity index (χ4v) is 2.74. The Kier molecular flexibility index (Phi) is 20.7. The van der Waals surface area contributed by atoms with E-state index in [-0.39, 0.29) is 62.0 Å².